The van der Waals surface area contributed by atoms with Gasteiger partial charge in [-0.3, -0.25) is 4.79 Å². The van der Waals surface area contributed by atoms with Crippen LogP contribution >= 0.6 is 0 Å². The van der Waals surface area contributed by atoms with Crippen LogP contribution in [-0.4, -0.2) is 22.9 Å². The second kappa shape index (κ2) is 10.1. The molecule has 0 bridgehead atoms. The summed E-state index contributed by atoms with van der Waals surface area (Å²) in [6, 6.07) is 16.8. The fourth-order valence-electron chi connectivity index (χ4n) is 3.66. The Morgan fingerprint density at radius 1 is 0.935 bits per heavy atom. The molecule has 0 aliphatic rings. The molecular formula is C26H29NO4. The molecule has 3 rings (SSSR count). The molecule has 0 aliphatic heterocycles. The van der Waals surface area contributed by atoms with Crippen LogP contribution in [0.3, 0.4) is 0 Å². The lowest BCUT2D eigenvalue weighted by atomic mass is 10.1. The maximum atomic E-state index is 12.7. The predicted octanol–water partition coefficient (Wildman–Crippen LogP) is 5.44. The van der Waals surface area contributed by atoms with E-state index >= 15 is 0 Å². The van der Waals surface area contributed by atoms with Gasteiger partial charge in [-0.25, -0.2) is 4.79 Å². The molecular weight excluding hydrogens is 390 g/mol. The van der Waals surface area contributed by atoms with Crippen molar-refractivity contribution in [2.75, 3.05) is 6.61 Å². The molecule has 31 heavy (non-hydrogen) atoms. The molecule has 0 atom stereocenters. The van der Waals surface area contributed by atoms with Crippen molar-refractivity contribution in [3.05, 3.63) is 88.2 Å². The molecule has 3 aromatic rings. The van der Waals surface area contributed by atoms with Gasteiger partial charge >= 0.3 is 5.97 Å². The van der Waals surface area contributed by atoms with E-state index in [-0.39, 0.29) is 12.4 Å². The number of para-hydroxylation sites is 1. The normalized spacial score (nSPS) is 10.7. The first-order valence-electron chi connectivity index (χ1n) is 10.5. The van der Waals surface area contributed by atoms with Gasteiger partial charge in [-0.05, 0) is 51.0 Å². The van der Waals surface area contributed by atoms with E-state index in [1.807, 2.05) is 51.1 Å². The lowest BCUT2D eigenvalue weighted by Crippen LogP contribution is -2.16. The van der Waals surface area contributed by atoms with Crippen molar-refractivity contribution >= 4 is 11.8 Å². The summed E-state index contributed by atoms with van der Waals surface area (Å²) in [5.41, 5.74) is 5.00. The first-order chi connectivity index (χ1) is 14.9. The van der Waals surface area contributed by atoms with Crippen molar-refractivity contribution in [3.63, 3.8) is 0 Å². The molecule has 162 valence electrons. The molecule has 1 aromatic heterocycles. The minimum Gasteiger partial charge on any atom is -0.488 e. The van der Waals surface area contributed by atoms with E-state index in [9.17, 15) is 9.59 Å². The minimum atomic E-state index is -0.574. The Morgan fingerprint density at radius 2 is 1.71 bits per heavy atom. The van der Waals surface area contributed by atoms with E-state index in [4.69, 9.17) is 9.47 Å². The number of carbonyl (C=O) groups excluding carboxylic acids is 2. The number of ketones is 1. The van der Waals surface area contributed by atoms with Crippen molar-refractivity contribution in [3.8, 4) is 5.75 Å². The maximum absolute atomic E-state index is 12.7. The highest BCUT2D eigenvalue weighted by molar-refractivity contribution is 6.01. The van der Waals surface area contributed by atoms with Gasteiger partial charge in [0.15, 0.2) is 6.61 Å². The van der Waals surface area contributed by atoms with Gasteiger partial charge in [0.2, 0.25) is 5.78 Å². The smallest absolute Gasteiger partial charge is 0.342 e. The number of hydrogen-bond donors (Lipinski definition) is 0. The van der Waals surface area contributed by atoms with Gasteiger partial charge in [-0.1, -0.05) is 48.9 Å². The van der Waals surface area contributed by atoms with Gasteiger partial charge in [0.05, 0.1) is 0 Å². The number of aromatic nitrogens is 1. The zero-order valence-electron chi connectivity index (χ0n) is 18.6. The van der Waals surface area contributed by atoms with Crippen LogP contribution in [0.15, 0.2) is 54.6 Å². The van der Waals surface area contributed by atoms with E-state index in [2.05, 4.69) is 11.5 Å². The van der Waals surface area contributed by atoms with Crippen molar-refractivity contribution in [2.24, 2.45) is 0 Å². The molecule has 0 unspecified atom stereocenters. The molecule has 0 saturated carbocycles. The number of hydrogen-bond acceptors (Lipinski definition) is 4. The zero-order chi connectivity index (χ0) is 22.4. The topological polar surface area (TPSA) is 57.5 Å². The van der Waals surface area contributed by atoms with Crippen LogP contribution in [0.2, 0.25) is 0 Å². The quantitative estimate of drug-likeness (QED) is 0.342. The molecule has 2 aromatic carbocycles. The van der Waals surface area contributed by atoms with Crippen molar-refractivity contribution in [1.82, 2.24) is 4.57 Å². The van der Waals surface area contributed by atoms with Gasteiger partial charge in [0.25, 0.3) is 0 Å². The zero-order valence-corrected chi connectivity index (χ0v) is 18.6. The van der Waals surface area contributed by atoms with Crippen molar-refractivity contribution < 1.29 is 19.1 Å². The summed E-state index contributed by atoms with van der Waals surface area (Å²) in [7, 11) is 0. The molecule has 1 heterocycles. The van der Waals surface area contributed by atoms with Crippen LogP contribution in [0.4, 0.5) is 0 Å². The molecule has 0 radical (unpaired) electrons. The molecule has 0 N–H and O–H groups in total. The largest absolute Gasteiger partial charge is 0.488 e. The van der Waals surface area contributed by atoms with Gasteiger partial charge in [0, 0.05) is 23.5 Å². The summed E-state index contributed by atoms with van der Waals surface area (Å²) in [5, 5.41) is 0. The second-order valence-electron chi connectivity index (χ2n) is 7.71. The monoisotopic (exact) mass is 419 g/mol. The second-order valence-corrected chi connectivity index (χ2v) is 7.71. The Balaban J connectivity index is 1.66. The number of rotatable bonds is 9. The molecule has 0 spiro atoms. The number of benzene rings is 2. The van der Waals surface area contributed by atoms with E-state index in [1.165, 1.54) is 0 Å². The molecule has 5 heteroatoms. The van der Waals surface area contributed by atoms with Gasteiger partial charge in [0.1, 0.15) is 17.9 Å². The van der Waals surface area contributed by atoms with E-state index < -0.39 is 5.97 Å². The molecule has 0 aliphatic carbocycles. The molecule has 5 nitrogen and oxygen atoms in total. The highest BCUT2D eigenvalue weighted by Crippen LogP contribution is 2.21. The van der Waals surface area contributed by atoms with E-state index in [0.29, 0.717) is 23.5 Å². The van der Waals surface area contributed by atoms with Crippen LogP contribution in [0.1, 0.15) is 56.6 Å². The third-order valence-corrected chi connectivity index (χ3v) is 5.24. The third kappa shape index (κ3) is 5.43. The first-order valence-corrected chi connectivity index (χ1v) is 10.5. The van der Waals surface area contributed by atoms with Crippen molar-refractivity contribution in [2.45, 2.75) is 47.3 Å². The number of aryl methyl sites for hydroxylation is 2. The molecule has 0 fully saturated rings. The standard InChI is InChI=1S/C26H29NO4/c1-5-13-27-19(3)15-23(20(27)4)24(28)17-31-26(29)22-11-6-7-12-25(22)30-16-21-10-8-9-18(2)14-21/h6-12,14-15H,5,13,16-17H2,1-4H3. The lowest BCUT2D eigenvalue weighted by molar-refractivity contribution is 0.0470. The van der Waals surface area contributed by atoms with E-state index in [0.717, 1.165) is 35.5 Å². The fourth-order valence-corrected chi connectivity index (χ4v) is 3.66. The summed E-state index contributed by atoms with van der Waals surface area (Å²) in [5.74, 6) is -0.347. The van der Waals surface area contributed by atoms with Gasteiger partial charge in [-0.2, -0.15) is 0 Å². The summed E-state index contributed by atoms with van der Waals surface area (Å²) in [6.07, 6.45) is 0.984. The summed E-state index contributed by atoms with van der Waals surface area (Å²) in [6.45, 7) is 8.91. The number of nitrogens with zero attached hydrogens (tertiary/aromatic N) is 1. The first kappa shape index (κ1) is 22.3. The average molecular weight is 420 g/mol. The van der Waals surface area contributed by atoms with Gasteiger partial charge in [-0.15, -0.1) is 0 Å². The Bertz CT molecular complexity index is 1080. The van der Waals surface area contributed by atoms with Crippen LogP contribution < -0.4 is 4.74 Å². The lowest BCUT2D eigenvalue weighted by Gasteiger charge is -2.12. The fraction of sp³-hybridized carbons (Fsp3) is 0.308. The number of Topliss-reactive ketones (excluding diaryl/α,β-unsaturated/α-hetero) is 1. The van der Waals surface area contributed by atoms with Gasteiger partial charge < -0.3 is 14.0 Å². The Morgan fingerprint density at radius 3 is 2.45 bits per heavy atom. The predicted molar refractivity (Wildman–Crippen MR) is 121 cm³/mol. The SMILES string of the molecule is CCCn1c(C)cc(C(=O)COC(=O)c2ccccc2OCc2cccc(C)c2)c1C. The minimum absolute atomic E-state index is 0.207. The molecule has 0 amide bonds. The van der Waals surface area contributed by atoms with Crippen LogP contribution in [0.5, 0.6) is 5.75 Å². The number of carbonyl (C=O) groups is 2. The third-order valence-electron chi connectivity index (χ3n) is 5.24. The van der Waals surface area contributed by atoms with Crippen LogP contribution in [0, 0.1) is 20.8 Å². The Hall–Kier alpha value is -3.34. The number of ether oxygens (including phenoxy) is 2. The highest BCUT2D eigenvalue weighted by Gasteiger charge is 2.19. The Labute approximate surface area is 183 Å². The van der Waals surface area contributed by atoms with Crippen molar-refractivity contribution in [1.29, 1.82) is 0 Å². The summed E-state index contributed by atoms with van der Waals surface area (Å²) < 4.78 is 13.3. The van der Waals surface area contributed by atoms with Crippen LogP contribution in [-0.2, 0) is 17.9 Å². The Kier molecular flexibility index (Phi) is 7.29. The maximum Gasteiger partial charge on any atom is 0.342 e. The van der Waals surface area contributed by atoms with Crippen LogP contribution in [0.25, 0.3) is 0 Å². The summed E-state index contributed by atoms with van der Waals surface area (Å²) >= 11 is 0. The highest BCUT2D eigenvalue weighted by atomic mass is 16.5. The average Bonchev–Trinajstić information content (AvgIpc) is 3.05. The molecule has 0 saturated heterocycles. The van der Waals surface area contributed by atoms with E-state index in [1.54, 1.807) is 24.3 Å². The summed E-state index contributed by atoms with van der Waals surface area (Å²) in [4.78, 5) is 25.3. The number of esters is 1.